The number of aryl methyl sites for hydroxylation is 2. The second kappa shape index (κ2) is 4.16. The van der Waals surface area contributed by atoms with E-state index in [4.69, 9.17) is 10.5 Å². The van der Waals surface area contributed by atoms with Gasteiger partial charge in [-0.3, -0.25) is 0 Å². The van der Waals surface area contributed by atoms with E-state index in [0.29, 0.717) is 6.54 Å². The smallest absolute Gasteiger partial charge is 0.0794 e. The molecule has 0 bridgehead atoms. The molecule has 1 aromatic carbocycles. The highest BCUT2D eigenvalue weighted by Gasteiger charge is 2.38. The molecule has 0 radical (unpaired) electrons. The highest BCUT2D eigenvalue weighted by Crippen LogP contribution is 2.39. The summed E-state index contributed by atoms with van der Waals surface area (Å²) in [6, 6.07) is 6.54. The highest BCUT2D eigenvalue weighted by atomic mass is 32.2. The summed E-state index contributed by atoms with van der Waals surface area (Å²) in [5.74, 6) is 0. The maximum absolute atomic E-state index is 5.80. The fourth-order valence-electron chi connectivity index (χ4n) is 1.60. The predicted molar refractivity (Wildman–Crippen MR) is 64.4 cm³/mol. The Balaban J connectivity index is 2.19. The van der Waals surface area contributed by atoms with Crippen molar-refractivity contribution in [1.82, 2.24) is 0 Å². The van der Waals surface area contributed by atoms with Gasteiger partial charge in [0.1, 0.15) is 0 Å². The fourth-order valence-corrected chi connectivity index (χ4v) is 2.91. The summed E-state index contributed by atoms with van der Waals surface area (Å²) >= 11 is 1.87. The summed E-state index contributed by atoms with van der Waals surface area (Å²) in [4.78, 5) is 1.34. The zero-order valence-corrected chi connectivity index (χ0v) is 10.1. The van der Waals surface area contributed by atoms with Gasteiger partial charge in [0.2, 0.25) is 0 Å². The fraction of sp³-hybridized carbons (Fsp3) is 0.500. The Morgan fingerprint density at radius 2 is 2.13 bits per heavy atom. The number of nitrogens with two attached hydrogens (primary N) is 1. The van der Waals surface area contributed by atoms with E-state index >= 15 is 0 Å². The van der Waals surface area contributed by atoms with Crippen LogP contribution in [0.5, 0.6) is 0 Å². The van der Waals surface area contributed by atoms with Gasteiger partial charge in [0.05, 0.1) is 18.0 Å². The molecule has 3 heteroatoms. The van der Waals surface area contributed by atoms with E-state index in [-0.39, 0.29) is 4.75 Å². The second-order valence-corrected chi connectivity index (χ2v) is 5.76. The number of thioether (sulfide) groups is 1. The van der Waals surface area contributed by atoms with Crippen molar-refractivity contribution in [3.63, 3.8) is 0 Å². The molecular formula is C12H17NOS. The average molecular weight is 223 g/mol. The molecule has 15 heavy (non-hydrogen) atoms. The summed E-state index contributed by atoms with van der Waals surface area (Å²) < 4.78 is 5.39. The number of hydrogen-bond donors (Lipinski definition) is 1. The molecule has 0 spiro atoms. The molecule has 2 nitrogen and oxygen atoms in total. The standard InChI is InChI=1S/C12H17NOS/c1-9-3-4-10(2)11(5-9)15-12(6-13)7-14-8-12/h3-5H,6-8,13H2,1-2H3. The van der Waals surface area contributed by atoms with Crippen LogP contribution in [0.3, 0.4) is 0 Å². The topological polar surface area (TPSA) is 35.2 Å². The largest absolute Gasteiger partial charge is 0.378 e. The number of benzene rings is 1. The second-order valence-electron chi connectivity index (χ2n) is 4.25. The Morgan fingerprint density at radius 3 is 2.67 bits per heavy atom. The lowest BCUT2D eigenvalue weighted by Gasteiger charge is -2.40. The Labute approximate surface area is 95.2 Å². The lowest BCUT2D eigenvalue weighted by atomic mass is 10.1. The molecule has 0 atom stereocenters. The van der Waals surface area contributed by atoms with Crippen LogP contribution in [-0.4, -0.2) is 24.5 Å². The third-order valence-electron chi connectivity index (χ3n) is 2.77. The summed E-state index contributed by atoms with van der Waals surface area (Å²) in [6.07, 6.45) is 0. The van der Waals surface area contributed by atoms with Gasteiger partial charge in [0.25, 0.3) is 0 Å². The highest BCUT2D eigenvalue weighted by molar-refractivity contribution is 8.00. The molecule has 0 aliphatic carbocycles. The van der Waals surface area contributed by atoms with Gasteiger partial charge in [-0.05, 0) is 25.5 Å². The van der Waals surface area contributed by atoms with Crippen molar-refractivity contribution >= 4 is 11.8 Å². The van der Waals surface area contributed by atoms with E-state index < -0.39 is 0 Å². The lowest BCUT2D eigenvalue weighted by Crippen LogP contribution is -2.52. The summed E-state index contributed by atoms with van der Waals surface area (Å²) in [5.41, 5.74) is 8.43. The van der Waals surface area contributed by atoms with Crippen molar-refractivity contribution < 1.29 is 4.74 Å². The van der Waals surface area contributed by atoms with Crippen LogP contribution in [0.2, 0.25) is 0 Å². The van der Waals surface area contributed by atoms with Gasteiger partial charge in [0.15, 0.2) is 0 Å². The first kappa shape index (κ1) is 11.0. The average Bonchev–Trinajstić information content (AvgIpc) is 2.17. The first-order chi connectivity index (χ1) is 7.15. The van der Waals surface area contributed by atoms with Crippen LogP contribution in [-0.2, 0) is 4.74 Å². The van der Waals surface area contributed by atoms with Crippen LogP contribution in [0, 0.1) is 13.8 Å². The minimum absolute atomic E-state index is 0.124. The Morgan fingerprint density at radius 1 is 1.40 bits per heavy atom. The van der Waals surface area contributed by atoms with Gasteiger partial charge in [-0.1, -0.05) is 17.7 Å². The number of hydrogen-bond acceptors (Lipinski definition) is 3. The maximum Gasteiger partial charge on any atom is 0.0794 e. The molecule has 1 heterocycles. The third kappa shape index (κ3) is 2.19. The molecule has 2 N–H and O–H groups in total. The third-order valence-corrected chi connectivity index (χ3v) is 4.27. The molecule has 1 aliphatic heterocycles. The quantitative estimate of drug-likeness (QED) is 0.852. The Kier molecular flexibility index (Phi) is 3.05. The number of ether oxygens (including phenoxy) is 1. The minimum Gasteiger partial charge on any atom is -0.378 e. The van der Waals surface area contributed by atoms with Crippen LogP contribution in [0.25, 0.3) is 0 Å². The minimum atomic E-state index is 0.124. The van der Waals surface area contributed by atoms with Crippen LogP contribution in [0.1, 0.15) is 11.1 Å². The monoisotopic (exact) mass is 223 g/mol. The molecule has 0 amide bonds. The zero-order valence-electron chi connectivity index (χ0n) is 9.25. The van der Waals surface area contributed by atoms with E-state index in [0.717, 1.165) is 13.2 Å². The van der Waals surface area contributed by atoms with E-state index in [1.807, 2.05) is 11.8 Å². The van der Waals surface area contributed by atoms with Gasteiger partial charge < -0.3 is 10.5 Å². The van der Waals surface area contributed by atoms with E-state index in [1.165, 1.54) is 16.0 Å². The van der Waals surface area contributed by atoms with Gasteiger partial charge >= 0.3 is 0 Å². The molecule has 0 unspecified atom stereocenters. The van der Waals surface area contributed by atoms with E-state index in [1.54, 1.807) is 0 Å². The van der Waals surface area contributed by atoms with Crippen molar-refractivity contribution in [1.29, 1.82) is 0 Å². The molecule has 2 rings (SSSR count). The molecule has 1 saturated heterocycles. The zero-order chi connectivity index (χ0) is 10.9. The molecule has 1 aromatic rings. The normalized spacial score (nSPS) is 18.6. The Hall–Kier alpha value is -0.510. The molecule has 1 fully saturated rings. The van der Waals surface area contributed by atoms with Gasteiger partial charge in [-0.15, -0.1) is 11.8 Å². The van der Waals surface area contributed by atoms with Gasteiger partial charge in [-0.25, -0.2) is 0 Å². The first-order valence-electron chi connectivity index (χ1n) is 5.19. The molecule has 0 saturated carbocycles. The van der Waals surface area contributed by atoms with E-state index in [2.05, 4.69) is 32.0 Å². The molecule has 82 valence electrons. The summed E-state index contributed by atoms with van der Waals surface area (Å²) in [7, 11) is 0. The summed E-state index contributed by atoms with van der Waals surface area (Å²) in [5, 5.41) is 0. The van der Waals surface area contributed by atoms with Crippen LogP contribution < -0.4 is 5.73 Å². The van der Waals surface area contributed by atoms with Crippen LogP contribution in [0.4, 0.5) is 0 Å². The van der Waals surface area contributed by atoms with Crippen LogP contribution in [0.15, 0.2) is 23.1 Å². The number of rotatable bonds is 3. The van der Waals surface area contributed by atoms with E-state index in [9.17, 15) is 0 Å². The van der Waals surface area contributed by atoms with Crippen molar-refractivity contribution in [3.8, 4) is 0 Å². The summed E-state index contributed by atoms with van der Waals surface area (Å²) in [6.45, 7) is 6.51. The van der Waals surface area contributed by atoms with Crippen molar-refractivity contribution in [2.24, 2.45) is 5.73 Å². The van der Waals surface area contributed by atoms with Crippen molar-refractivity contribution in [2.75, 3.05) is 19.8 Å². The first-order valence-corrected chi connectivity index (χ1v) is 6.01. The van der Waals surface area contributed by atoms with Gasteiger partial charge in [-0.2, -0.15) is 0 Å². The lowest BCUT2D eigenvalue weighted by molar-refractivity contribution is -0.00435. The predicted octanol–water partition coefficient (Wildman–Crippen LogP) is 2.12. The Bertz CT molecular complexity index is 355. The van der Waals surface area contributed by atoms with Crippen molar-refractivity contribution in [3.05, 3.63) is 29.3 Å². The SMILES string of the molecule is Cc1ccc(C)c(SC2(CN)COC2)c1. The molecule has 1 aliphatic rings. The van der Waals surface area contributed by atoms with Crippen LogP contribution >= 0.6 is 11.8 Å². The molecular weight excluding hydrogens is 206 g/mol. The van der Waals surface area contributed by atoms with Crippen molar-refractivity contribution in [2.45, 2.75) is 23.5 Å². The van der Waals surface area contributed by atoms with Gasteiger partial charge in [0, 0.05) is 11.4 Å². The maximum atomic E-state index is 5.80. The molecule has 0 aromatic heterocycles.